The zero-order valence-electron chi connectivity index (χ0n) is 9.97. The second-order valence-electron chi connectivity index (χ2n) is 3.93. The highest BCUT2D eigenvalue weighted by atomic mass is 32.1. The van der Waals surface area contributed by atoms with Crippen LogP contribution in [0.5, 0.6) is 0 Å². The van der Waals surface area contributed by atoms with Crippen molar-refractivity contribution >= 4 is 17.0 Å². The summed E-state index contributed by atoms with van der Waals surface area (Å²) in [6.45, 7) is 1.23. The summed E-state index contributed by atoms with van der Waals surface area (Å²) in [7, 11) is 0. The molecule has 2 aromatic rings. The van der Waals surface area contributed by atoms with E-state index < -0.39 is 11.0 Å². The molecule has 0 saturated carbocycles. The van der Waals surface area contributed by atoms with E-state index in [0.29, 0.717) is 13.1 Å². The summed E-state index contributed by atoms with van der Waals surface area (Å²) in [5, 5.41) is 27.1. The second kappa shape index (κ2) is 6.36. The summed E-state index contributed by atoms with van der Waals surface area (Å²) in [5.41, 5.74) is 1.67. The van der Waals surface area contributed by atoms with Gasteiger partial charge in [0.2, 0.25) is 0 Å². The molecule has 8 nitrogen and oxygen atoms in total. The maximum atomic E-state index is 10.5. The van der Waals surface area contributed by atoms with Crippen molar-refractivity contribution < 1.29 is 10.0 Å². The molecule has 0 amide bonds. The van der Waals surface area contributed by atoms with Gasteiger partial charge in [-0.3, -0.25) is 19.8 Å². The van der Waals surface area contributed by atoms with Crippen LogP contribution in [0.25, 0.3) is 0 Å². The Morgan fingerprint density at radius 2 is 2.42 bits per heavy atom. The van der Waals surface area contributed by atoms with Crippen molar-refractivity contribution in [1.82, 2.24) is 20.1 Å². The largest absolute Gasteiger partial charge is 0.390 e. The fourth-order valence-corrected chi connectivity index (χ4v) is 2.08. The minimum Gasteiger partial charge on any atom is -0.390 e. The van der Waals surface area contributed by atoms with Crippen molar-refractivity contribution in [2.45, 2.75) is 19.2 Å². The summed E-state index contributed by atoms with van der Waals surface area (Å²) >= 11 is 1.54. The molecule has 2 N–H and O–H groups in total. The molecule has 19 heavy (non-hydrogen) atoms. The van der Waals surface area contributed by atoms with Crippen LogP contribution in [0, 0.1) is 10.1 Å². The third-order valence-corrected chi connectivity index (χ3v) is 3.17. The van der Waals surface area contributed by atoms with E-state index in [1.807, 2.05) is 0 Å². The van der Waals surface area contributed by atoms with E-state index in [2.05, 4.69) is 15.4 Å². The van der Waals surface area contributed by atoms with Crippen LogP contribution in [-0.4, -0.2) is 37.4 Å². The Kier molecular flexibility index (Phi) is 4.55. The fourth-order valence-electron chi connectivity index (χ4n) is 1.52. The Bertz CT molecular complexity index is 527. The van der Waals surface area contributed by atoms with E-state index in [1.54, 1.807) is 11.7 Å². The lowest BCUT2D eigenvalue weighted by molar-refractivity contribution is -0.385. The van der Waals surface area contributed by atoms with Gasteiger partial charge < -0.3 is 10.4 Å². The zero-order chi connectivity index (χ0) is 13.7. The van der Waals surface area contributed by atoms with Crippen LogP contribution < -0.4 is 5.32 Å². The van der Waals surface area contributed by atoms with Gasteiger partial charge in [0.05, 0.1) is 23.1 Å². The van der Waals surface area contributed by atoms with Crippen molar-refractivity contribution in [2.75, 3.05) is 6.54 Å². The van der Waals surface area contributed by atoms with Gasteiger partial charge in [-0.15, -0.1) is 11.3 Å². The number of rotatable bonds is 7. The van der Waals surface area contributed by atoms with Crippen LogP contribution in [-0.2, 0) is 13.1 Å². The molecule has 2 heterocycles. The Labute approximate surface area is 112 Å². The monoisotopic (exact) mass is 283 g/mol. The van der Waals surface area contributed by atoms with Gasteiger partial charge in [0.1, 0.15) is 12.4 Å². The van der Waals surface area contributed by atoms with Crippen molar-refractivity contribution in [2.24, 2.45) is 0 Å². The molecule has 0 aliphatic heterocycles. The first-order valence-corrected chi connectivity index (χ1v) is 6.46. The molecule has 0 spiro atoms. The number of hydrogen-bond acceptors (Lipinski definition) is 7. The molecule has 9 heteroatoms. The molecule has 1 atom stereocenters. The minimum absolute atomic E-state index is 0.0789. The van der Waals surface area contributed by atoms with Crippen LogP contribution in [0.1, 0.15) is 4.88 Å². The number of aromatic nitrogens is 3. The summed E-state index contributed by atoms with van der Waals surface area (Å²) in [6.07, 6.45) is 3.57. The smallest absolute Gasteiger partial charge is 0.306 e. The predicted octanol–water partition coefficient (Wildman–Crippen LogP) is 0.398. The van der Waals surface area contributed by atoms with E-state index in [0.717, 1.165) is 11.1 Å². The third-order valence-electron chi connectivity index (χ3n) is 2.39. The molecule has 0 aromatic carbocycles. The average molecular weight is 283 g/mol. The van der Waals surface area contributed by atoms with Crippen molar-refractivity contribution in [1.29, 1.82) is 0 Å². The molecular formula is C10H13N5O3S. The molecule has 1 unspecified atom stereocenters. The lowest BCUT2D eigenvalue weighted by Gasteiger charge is -2.10. The first-order valence-electron chi connectivity index (χ1n) is 5.58. The Hall–Kier alpha value is -1.84. The molecule has 102 valence electrons. The van der Waals surface area contributed by atoms with E-state index in [-0.39, 0.29) is 12.2 Å². The SMILES string of the molecule is O=[N+]([O-])c1cnn(CC(O)CNCc2cncs2)c1. The normalized spacial score (nSPS) is 12.5. The summed E-state index contributed by atoms with van der Waals surface area (Å²) in [5.74, 6) is 0. The van der Waals surface area contributed by atoms with Gasteiger partial charge in [0, 0.05) is 24.2 Å². The number of hydrogen-bond donors (Lipinski definition) is 2. The van der Waals surface area contributed by atoms with Gasteiger partial charge in [0.15, 0.2) is 0 Å². The first-order chi connectivity index (χ1) is 9.15. The van der Waals surface area contributed by atoms with Gasteiger partial charge in [-0.1, -0.05) is 0 Å². The molecule has 0 fully saturated rings. The van der Waals surface area contributed by atoms with Crippen molar-refractivity contribution in [3.63, 3.8) is 0 Å². The molecule has 0 bridgehead atoms. The molecule has 0 aliphatic carbocycles. The number of aliphatic hydroxyl groups is 1. The quantitative estimate of drug-likeness (QED) is 0.562. The zero-order valence-corrected chi connectivity index (χ0v) is 10.8. The second-order valence-corrected chi connectivity index (χ2v) is 4.90. The number of nitrogens with zero attached hydrogens (tertiary/aromatic N) is 4. The van der Waals surface area contributed by atoms with E-state index in [1.165, 1.54) is 22.2 Å². The molecule has 2 rings (SSSR count). The minimum atomic E-state index is -0.660. The summed E-state index contributed by atoms with van der Waals surface area (Å²) in [6, 6.07) is 0. The van der Waals surface area contributed by atoms with E-state index in [9.17, 15) is 15.2 Å². The maximum absolute atomic E-state index is 10.5. The van der Waals surface area contributed by atoms with Crippen LogP contribution in [0.3, 0.4) is 0 Å². The summed E-state index contributed by atoms with van der Waals surface area (Å²) in [4.78, 5) is 15.0. The number of nitrogens with one attached hydrogen (secondary N) is 1. The van der Waals surface area contributed by atoms with E-state index >= 15 is 0 Å². The Balaban J connectivity index is 1.74. The van der Waals surface area contributed by atoms with E-state index in [4.69, 9.17) is 0 Å². The predicted molar refractivity (Wildman–Crippen MR) is 68.7 cm³/mol. The average Bonchev–Trinajstić information content (AvgIpc) is 3.00. The van der Waals surface area contributed by atoms with Gasteiger partial charge in [-0.2, -0.15) is 5.10 Å². The molecule has 2 aromatic heterocycles. The topological polar surface area (TPSA) is 106 Å². The van der Waals surface area contributed by atoms with Gasteiger partial charge in [-0.05, 0) is 0 Å². The Morgan fingerprint density at radius 1 is 1.58 bits per heavy atom. The van der Waals surface area contributed by atoms with Gasteiger partial charge >= 0.3 is 5.69 Å². The van der Waals surface area contributed by atoms with Crippen LogP contribution >= 0.6 is 11.3 Å². The molecule has 0 saturated heterocycles. The highest BCUT2D eigenvalue weighted by Gasteiger charge is 2.11. The fraction of sp³-hybridized carbons (Fsp3) is 0.400. The standard InChI is InChI=1S/C10H13N5O3S/c16-9(2-11-3-10-4-12-7-19-10)6-14-5-8(1-13-14)15(17)18/h1,4-5,7,9,11,16H,2-3,6H2. The lowest BCUT2D eigenvalue weighted by atomic mass is 10.3. The highest BCUT2D eigenvalue weighted by molar-refractivity contribution is 7.09. The maximum Gasteiger partial charge on any atom is 0.306 e. The molecule has 0 radical (unpaired) electrons. The molecular weight excluding hydrogens is 270 g/mol. The number of nitro groups is 1. The summed E-state index contributed by atoms with van der Waals surface area (Å²) < 4.78 is 1.36. The highest BCUT2D eigenvalue weighted by Crippen LogP contribution is 2.08. The van der Waals surface area contributed by atoms with Crippen molar-refractivity contribution in [3.05, 3.63) is 39.1 Å². The lowest BCUT2D eigenvalue weighted by Crippen LogP contribution is -2.29. The van der Waals surface area contributed by atoms with Gasteiger partial charge in [-0.25, -0.2) is 0 Å². The van der Waals surface area contributed by atoms with Crippen molar-refractivity contribution in [3.8, 4) is 0 Å². The third kappa shape index (κ3) is 4.09. The van der Waals surface area contributed by atoms with Gasteiger partial charge in [0.25, 0.3) is 0 Å². The number of aliphatic hydroxyl groups excluding tert-OH is 1. The van der Waals surface area contributed by atoms with Crippen LogP contribution in [0.2, 0.25) is 0 Å². The molecule has 0 aliphatic rings. The number of thiazole rings is 1. The van der Waals surface area contributed by atoms with Crippen LogP contribution in [0.4, 0.5) is 5.69 Å². The first kappa shape index (κ1) is 13.6. The Morgan fingerprint density at radius 3 is 3.05 bits per heavy atom. The van der Waals surface area contributed by atoms with Crippen LogP contribution in [0.15, 0.2) is 24.1 Å².